The molecule has 9 heteroatoms. The van der Waals surface area contributed by atoms with Crippen LogP contribution in [-0.4, -0.2) is 35.7 Å². The Bertz CT molecular complexity index is 802. The van der Waals surface area contributed by atoms with E-state index < -0.39 is 11.5 Å². The van der Waals surface area contributed by atoms with Crippen molar-refractivity contribution in [2.75, 3.05) is 23.3 Å². The van der Waals surface area contributed by atoms with Crippen molar-refractivity contribution in [3.63, 3.8) is 0 Å². The summed E-state index contributed by atoms with van der Waals surface area (Å²) in [6.07, 6.45) is 3.15. The summed E-state index contributed by atoms with van der Waals surface area (Å²) >= 11 is 0. The number of nitrogens with zero attached hydrogens (tertiary/aromatic N) is 3. The number of alkyl halides is 2. The number of nitro groups is 1. The number of anilines is 2. The minimum atomic E-state index is -2.84. The van der Waals surface area contributed by atoms with Gasteiger partial charge in [0.1, 0.15) is 17.8 Å². The number of pyridine rings is 1. The maximum Gasteiger partial charge on any atom is 0.387 e. The van der Waals surface area contributed by atoms with Crippen molar-refractivity contribution in [2.24, 2.45) is 0 Å². The van der Waals surface area contributed by atoms with Crippen molar-refractivity contribution < 1.29 is 18.4 Å². The summed E-state index contributed by atoms with van der Waals surface area (Å²) in [7, 11) is 0. The van der Waals surface area contributed by atoms with Crippen LogP contribution < -0.4 is 15.0 Å². The van der Waals surface area contributed by atoms with E-state index in [4.69, 9.17) is 0 Å². The van der Waals surface area contributed by atoms with E-state index in [1.54, 1.807) is 19.1 Å². The monoisotopic (exact) mass is 378 g/mol. The molecule has 1 saturated heterocycles. The first kappa shape index (κ1) is 18.8. The molecular weight excluding hydrogens is 358 g/mol. The molecule has 0 aliphatic carbocycles. The van der Waals surface area contributed by atoms with E-state index >= 15 is 0 Å². The van der Waals surface area contributed by atoms with Crippen molar-refractivity contribution in [1.29, 1.82) is 0 Å². The van der Waals surface area contributed by atoms with E-state index in [-0.39, 0.29) is 17.5 Å². The Morgan fingerprint density at radius 2 is 2.11 bits per heavy atom. The van der Waals surface area contributed by atoms with Crippen LogP contribution in [0.2, 0.25) is 0 Å². The van der Waals surface area contributed by atoms with Gasteiger partial charge in [0.05, 0.1) is 4.92 Å². The summed E-state index contributed by atoms with van der Waals surface area (Å²) in [6.45, 7) is 0.523. The van der Waals surface area contributed by atoms with Gasteiger partial charge in [0.15, 0.2) is 0 Å². The van der Waals surface area contributed by atoms with Gasteiger partial charge in [-0.1, -0.05) is 0 Å². The smallest absolute Gasteiger partial charge is 0.387 e. The molecule has 1 N–H and O–H groups in total. The quantitative estimate of drug-likeness (QED) is 0.605. The minimum Gasteiger partial charge on any atom is -0.435 e. The van der Waals surface area contributed by atoms with Crippen LogP contribution in [0.1, 0.15) is 18.4 Å². The maximum absolute atomic E-state index is 12.3. The highest BCUT2D eigenvalue weighted by molar-refractivity contribution is 5.52. The molecule has 2 aromatic rings. The predicted molar refractivity (Wildman–Crippen MR) is 97.6 cm³/mol. The van der Waals surface area contributed by atoms with Crippen LogP contribution in [0.15, 0.2) is 36.5 Å². The van der Waals surface area contributed by atoms with E-state index in [2.05, 4.69) is 19.9 Å². The third-order valence-electron chi connectivity index (χ3n) is 4.46. The summed E-state index contributed by atoms with van der Waals surface area (Å²) in [5, 5.41) is 14.2. The molecule has 1 fully saturated rings. The number of halogens is 2. The van der Waals surface area contributed by atoms with E-state index in [0.717, 1.165) is 30.6 Å². The van der Waals surface area contributed by atoms with E-state index in [0.29, 0.717) is 12.4 Å². The summed E-state index contributed by atoms with van der Waals surface area (Å²) in [4.78, 5) is 16.7. The lowest BCUT2D eigenvalue weighted by molar-refractivity contribution is -0.385. The van der Waals surface area contributed by atoms with Crippen LogP contribution in [0.25, 0.3) is 0 Å². The number of ether oxygens (including phenoxy) is 1. The molecule has 27 heavy (non-hydrogen) atoms. The topological polar surface area (TPSA) is 80.5 Å². The molecule has 1 atom stereocenters. The zero-order valence-electron chi connectivity index (χ0n) is 14.8. The lowest BCUT2D eigenvalue weighted by Gasteiger charge is -2.35. The molecule has 1 aromatic carbocycles. The molecule has 0 amide bonds. The van der Waals surface area contributed by atoms with Gasteiger partial charge in [0, 0.05) is 30.9 Å². The first-order valence-electron chi connectivity index (χ1n) is 8.60. The van der Waals surface area contributed by atoms with Crippen molar-refractivity contribution in [1.82, 2.24) is 4.98 Å². The van der Waals surface area contributed by atoms with Gasteiger partial charge >= 0.3 is 6.61 Å². The Morgan fingerprint density at radius 3 is 2.74 bits per heavy atom. The molecule has 1 aliphatic heterocycles. The number of benzene rings is 1. The summed E-state index contributed by atoms with van der Waals surface area (Å²) < 4.78 is 28.9. The molecule has 0 spiro atoms. The Labute approximate surface area is 155 Å². The average Bonchev–Trinajstić information content (AvgIpc) is 2.63. The maximum atomic E-state index is 12.3. The predicted octanol–water partition coefficient (Wildman–Crippen LogP) is 3.98. The van der Waals surface area contributed by atoms with Gasteiger partial charge in [-0.15, -0.1) is 0 Å². The minimum absolute atomic E-state index is 0.0329. The van der Waals surface area contributed by atoms with Crippen molar-refractivity contribution >= 4 is 17.2 Å². The van der Waals surface area contributed by atoms with Crippen molar-refractivity contribution in [3.8, 4) is 5.75 Å². The highest BCUT2D eigenvalue weighted by Gasteiger charge is 2.21. The molecule has 0 radical (unpaired) electrons. The van der Waals surface area contributed by atoms with Crippen LogP contribution in [0, 0.1) is 17.0 Å². The van der Waals surface area contributed by atoms with E-state index in [1.807, 2.05) is 0 Å². The molecule has 2 heterocycles. The average molecular weight is 378 g/mol. The fourth-order valence-corrected chi connectivity index (χ4v) is 3.17. The van der Waals surface area contributed by atoms with Gasteiger partial charge in [0.25, 0.3) is 5.69 Å². The van der Waals surface area contributed by atoms with Crippen molar-refractivity contribution in [2.45, 2.75) is 32.4 Å². The molecule has 0 bridgehead atoms. The lowest BCUT2D eigenvalue weighted by atomic mass is 10.0. The number of piperidine rings is 1. The fraction of sp³-hybridized carbons (Fsp3) is 0.389. The number of aryl methyl sites for hydroxylation is 1. The largest absolute Gasteiger partial charge is 0.435 e. The third-order valence-corrected chi connectivity index (χ3v) is 4.46. The van der Waals surface area contributed by atoms with Gasteiger partial charge in [-0.25, -0.2) is 4.98 Å². The molecule has 1 aromatic heterocycles. The second-order valence-corrected chi connectivity index (χ2v) is 6.42. The van der Waals surface area contributed by atoms with Crippen LogP contribution in [-0.2, 0) is 0 Å². The van der Waals surface area contributed by atoms with Crippen LogP contribution in [0.4, 0.5) is 26.0 Å². The number of hydrogen-bond donors (Lipinski definition) is 1. The van der Waals surface area contributed by atoms with E-state index in [9.17, 15) is 18.9 Å². The van der Waals surface area contributed by atoms with Gasteiger partial charge in [-0.05, 0) is 49.6 Å². The number of aromatic nitrogens is 1. The Morgan fingerprint density at radius 1 is 1.37 bits per heavy atom. The van der Waals surface area contributed by atoms with Gasteiger partial charge < -0.3 is 15.0 Å². The van der Waals surface area contributed by atoms with E-state index in [1.165, 1.54) is 24.4 Å². The highest BCUT2D eigenvalue weighted by Crippen LogP contribution is 2.26. The third kappa shape index (κ3) is 4.81. The molecule has 0 saturated carbocycles. The highest BCUT2D eigenvalue weighted by atomic mass is 19.3. The number of nitrogens with one attached hydrogen (secondary N) is 1. The standard InChI is InChI=1S/C18H20F2N4O3/c1-12-9-15(24(25)26)10-21-17(12)22-13-3-2-8-23(11-13)14-4-6-16(7-5-14)27-18(19)20/h4-7,9-10,13,18H,2-3,8,11H2,1H3,(H,21,22). The normalized spacial score (nSPS) is 17.0. The molecule has 1 unspecified atom stereocenters. The molecule has 3 rings (SSSR count). The zero-order chi connectivity index (χ0) is 19.4. The molecule has 144 valence electrons. The number of hydrogen-bond acceptors (Lipinski definition) is 6. The first-order valence-corrected chi connectivity index (χ1v) is 8.60. The fourth-order valence-electron chi connectivity index (χ4n) is 3.17. The van der Waals surface area contributed by atoms with Crippen LogP contribution in [0.5, 0.6) is 5.75 Å². The second-order valence-electron chi connectivity index (χ2n) is 6.42. The second kappa shape index (κ2) is 8.15. The van der Waals surface area contributed by atoms with Crippen LogP contribution >= 0.6 is 0 Å². The Hall–Kier alpha value is -2.97. The lowest BCUT2D eigenvalue weighted by Crippen LogP contribution is -2.42. The van der Waals surface area contributed by atoms with Gasteiger partial charge in [0.2, 0.25) is 0 Å². The van der Waals surface area contributed by atoms with Gasteiger partial charge in [-0.2, -0.15) is 8.78 Å². The van der Waals surface area contributed by atoms with Crippen molar-refractivity contribution in [3.05, 3.63) is 52.2 Å². The molecular formula is C18H20F2N4O3. The molecule has 1 aliphatic rings. The zero-order valence-corrected chi connectivity index (χ0v) is 14.8. The number of rotatable bonds is 6. The SMILES string of the molecule is Cc1cc([N+](=O)[O-])cnc1NC1CCCN(c2ccc(OC(F)F)cc2)C1. The Kier molecular flexibility index (Phi) is 5.68. The summed E-state index contributed by atoms with van der Waals surface area (Å²) in [5.74, 6) is 0.763. The van der Waals surface area contributed by atoms with Gasteiger partial charge in [-0.3, -0.25) is 10.1 Å². The first-order chi connectivity index (χ1) is 12.9. The summed E-state index contributed by atoms with van der Waals surface area (Å²) in [5.41, 5.74) is 1.61. The molecule has 7 nitrogen and oxygen atoms in total. The Balaban J connectivity index is 1.65. The van der Waals surface area contributed by atoms with Crippen LogP contribution in [0.3, 0.4) is 0 Å². The summed E-state index contributed by atoms with van der Waals surface area (Å²) in [6, 6.07) is 8.20.